The Balaban J connectivity index is 1.59. The molecule has 1 aliphatic carbocycles. The number of rotatable bonds is 8. The van der Waals surface area contributed by atoms with Crippen molar-refractivity contribution in [3.8, 4) is 0 Å². The normalized spacial score (nSPS) is 19.7. The summed E-state index contributed by atoms with van der Waals surface area (Å²) in [5.41, 5.74) is -0.546. The van der Waals surface area contributed by atoms with Crippen molar-refractivity contribution in [2.75, 3.05) is 31.3 Å². The van der Waals surface area contributed by atoms with Gasteiger partial charge in [0.1, 0.15) is 29.9 Å². The fraction of sp³-hybridized carbons (Fsp3) is 0.333. The molecular weight excluding hydrogens is 476 g/mol. The third-order valence-electron chi connectivity index (χ3n) is 5.97. The van der Waals surface area contributed by atoms with Gasteiger partial charge in [-0.1, -0.05) is 19.1 Å². The second-order valence-corrected chi connectivity index (χ2v) is 9.36. The first-order chi connectivity index (χ1) is 16.8. The lowest BCUT2D eigenvalue weighted by Crippen LogP contribution is -2.54. The zero-order chi connectivity index (χ0) is 25.1. The predicted molar refractivity (Wildman–Crippen MR) is 131 cm³/mol. The summed E-state index contributed by atoms with van der Waals surface area (Å²) in [6, 6.07) is 4.97. The van der Waals surface area contributed by atoms with E-state index in [2.05, 4.69) is 17.0 Å². The van der Waals surface area contributed by atoms with Crippen LogP contribution in [0.1, 0.15) is 32.6 Å². The number of halogens is 2. The summed E-state index contributed by atoms with van der Waals surface area (Å²) in [6.07, 6.45) is 2.43. The van der Waals surface area contributed by atoms with Crippen LogP contribution in [-0.4, -0.2) is 60.6 Å². The van der Waals surface area contributed by atoms with Crippen molar-refractivity contribution < 1.29 is 18.4 Å². The molecule has 4 rings (SSSR count). The number of allylic oxidation sites excluding steroid dienone is 2. The predicted octanol–water partition coefficient (Wildman–Crippen LogP) is 2.66. The summed E-state index contributed by atoms with van der Waals surface area (Å²) >= 11 is 1.53. The minimum Gasteiger partial charge on any atom is -0.348 e. The van der Waals surface area contributed by atoms with E-state index >= 15 is 0 Å². The monoisotopic (exact) mass is 501 g/mol. The van der Waals surface area contributed by atoms with Gasteiger partial charge in [-0.15, -0.1) is 11.3 Å². The number of alkyl halides is 1. The number of aliphatic imine (C=N–C) groups is 1. The molecule has 2 aromatic heterocycles. The van der Waals surface area contributed by atoms with Gasteiger partial charge in [0.25, 0.3) is 11.8 Å². The highest BCUT2D eigenvalue weighted by Crippen LogP contribution is 2.28. The molecule has 8 nitrogen and oxygen atoms in total. The van der Waals surface area contributed by atoms with Crippen LogP contribution in [-0.2, 0) is 6.54 Å². The number of nitrogens with one attached hydrogen (secondary N) is 1. The maximum atomic E-state index is 14.3. The third kappa shape index (κ3) is 5.09. The lowest BCUT2D eigenvalue weighted by molar-refractivity contribution is 0.0679. The molecule has 1 aliphatic heterocycles. The van der Waals surface area contributed by atoms with Gasteiger partial charge in [0.2, 0.25) is 0 Å². The molecule has 3 heterocycles. The number of hydrogen-bond acceptors (Lipinski definition) is 6. The van der Waals surface area contributed by atoms with E-state index in [1.807, 2.05) is 17.5 Å². The van der Waals surface area contributed by atoms with Crippen molar-refractivity contribution in [2.45, 2.75) is 19.6 Å². The van der Waals surface area contributed by atoms with Crippen LogP contribution in [0.15, 0.2) is 63.1 Å². The molecule has 2 atom stereocenters. The van der Waals surface area contributed by atoms with Crippen LogP contribution < -0.4 is 15.8 Å². The van der Waals surface area contributed by atoms with Gasteiger partial charge in [-0.2, -0.15) is 0 Å². The topological polar surface area (TPSA) is 87.0 Å². The molecular formula is C24H25F2N5O3S. The first kappa shape index (κ1) is 24.5. The van der Waals surface area contributed by atoms with E-state index in [9.17, 15) is 23.2 Å². The van der Waals surface area contributed by atoms with Gasteiger partial charge < -0.3 is 10.2 Å². The summed E-state index contributed by atoms with van der Waals surface area (Å²) in [4.78, 5) is 45.2. The Morgan fingerprint density at radius 3 is 2.89 bits per heavy atom. The van der Waals surface area contributed by atoms with Gasteiger partial charge in [-0.05, 0) is 24.2 Å². The van der Waals surface area contributed by atoms with Gasteiger partial charge in [-0.3, -0.25) is 29.1 Å². The van der Waals surface area contributed by atoms with Crippen molar-refractivity contribution in [2.24, 2.45) is 10.9 Å². The molecule has 2 aromatic rings. The molecule has 0 saturated heterocycles. The SMILES string of the molecule is C=NCCN1CN(Cc2cccs2)C(=O)c2cc(=O)c(C(=O)NCC3=C(F)C(C)C(F)C=C3)cn21. The molecule has 2 aliphatic rings. The molecule has 184 valence electrons. The standard InChI is InChI=1S/C24H25F2N5O3S/c1-15-19(25)6-5-16(22(15)26)11-28-23(33)18-13-31-20(10-21(18)32)24(34)29(12-17-4-3-9-35-17)14-30(31)8-7-27-2/h3-6,9-10,13,15,19H,2,7-8,11-12,14H2,1H3,(H,28,33). The van der Waals surface area contributed by atoms with Crippen LogP contribution in [0.4, 0.5) is 8.78 Å². The average molecular weight is 502 g/mol. The van der Waals surface area contributed by atoms with Crippen LogP contribution in [0.2, 0.25) is 0 Å². The van der Waals surface area contributed by atoms with E-state index < -0.39 is 29.3 Å². The lowest BCUT2D eigenvalue weighted by Gasteiger charge is -2.39. The molecule has 2 unspecified atom stereocenters. The Morgan fingerprint density at radius 2 is 2.17 bits per heavy atom. The highest BCUT2D eigenvalue weighted by Gasteiger charge is 2.31. The summed E-state index contributed by atoms with van der Waals surface area (Å²) < 4.78 is 29.5. The molecule has 2 amide bonds. The summed E-state index contributed by atoms with van der Waals surface area (Å²) in [5, 5.41) is 6.25. The third-order valence-corrected chi connectivity index (χ3v) is 6.83. The van der Waals surface area contributed by atoms with Gasteiger partial charge in [-0.25, -0.2) is 8.78 Å². The fourth-order valence-electron chi connectivity index (χ4n) is 3.96. The van der Waals surface area contributed by atoms with Gasteiger partial charge in [0.15, 0.2) is 5.43 Å². The first-order valence-electron chi connectivity index (χ1n) is 11.0. The number of hydrogen-bond donors (Lipinski definition) is 1. The highest BCUT2D eigenvalue weighted by molar-refractivity contribution is 7.09. The van der Waals surface area contributed by atoms with Gasteiger partial charge in [0.05, 0.1) is 19.6 Å². The highest BCUT2D eigenvalue weighted by atomic mass is 32.1. The molecule has 35 heavy (non-hydrogen) atoms. The van der Waals surface area contributed by atoms with Crippen LogP contribution in [0.25, 0.3) is 0 Å². The van der Waals surface area contributed by atoms with Gasteiger partial charge in [0, 0.05) is 35.2 Å². The van der Waals surface area contributed by atoms with E-state index in [1.54, 1.807) is 9.91 Å². The number of nitrogens with zero attached hydrogens (tertiary/aromatic N) is 4. The Hall–Kier alpha value is -3.60. The maximum Gasteiger partial charge on any atom is 0.274 e. The Morgan fingerprint density at radius 1 is 1.37 bits per heavy atom. The van der Waals surface area contributed by atoms with Crippen LogP contribution in [0.3, 0.4) is 0 Å². The minimum atomic E-state index is -1.42. The summed E-state index contributed by atoms with van der Waals surface area (Å²) in [5.74, 6) is -2.62. The number of carbonyl (C=O) groups excluding carboxylic acids is 2. The van der Waals surface area contributed by atoms with Crippen molar-refractivity contribution in [1.82, 2.24) is 14.9 Å². The second kappa shape index (κ2) is 10.3. The van der Waals surface area contributed by atoms with Crippen molar-refractivity contribution in [3.63, 3.8) is 0 Å². The summed E-state index contributed by atoms with van der Waals surface area (Å²) in [6.45, 7) is 6.12. The number of fused-ring (bicyclic) bond motifs is 1. The van der Waals surface area contributed by atoms with Crippen LogP contribution in [0, 0.1) is 5.92 Å². The van der Waals surface area contributed by atoms with Crippen molar-refractivity contribution in [1.29, 1.82) is 0 Å². The number of amides is 2. The van der Waals surface area contributed by atoms with E-state index in [0.717, 1.165) is 10.9 Å². The smallest absolute Gasteiger partial charge is 0.274 e. The molecule has 0 fully saturated rings. The molecule has 0 saturated carbocycles. The molecule has 0 bridgehead atoms. The quantitative estimate of drug-likeness (QED) is 0.564. The van der Waals surface area contributed by atoms with E-state index in [0.29, 0.717) is 19.6 Å². The first-order valence-corrected chi connectivity index (χ1v) is 11.9. The largest absolute Gasteiger partial charge is 0.348 e. The van der Waals surface area contributed by atoms with E-state index in [-0.39, 0.29) is 36.0 Å². The Labute approximate surface area is 204 Å². The molecule has 1 N–H and O–H groups in total. The fourth-order valence-corrected chi connectivity index (χ4v) is 4.68. The Bertz CT molecular complexity index is 1250. The van der Waals surface area contributed by atoms with Gasteiger partial charge >= 0.3 is 0 Å². The number of thiophene rings is 1. The zero-order valence-corrected chi connectivity index (χ0v) is 19.9. The van der Waals surface area contributed by atoms with Crippen LogP contribution >= 0.6 is 11.3 Å². The average Bonchev–Trinajstić information content (AvgIpc) is 3.36. The molecule has 0 radical (unpaired) electrons. The van der Waals surface area contributed by atoms with Crippen LogP contribution in [0.5, 0.6) is 0 Å². The maximum absolute atomic E-state index is 14.3. The summed E-state index contributed by atoms with van der Waals surface area (Å²) in [7, 11) is 0. The van der Waals surface area contributed by atoms with E-state index in [1.165, 1.54) is 41.3 Å². The number of aromatic nitrogens is 1. The van der Waals surface area contributed by atoms with E-state index in [4.69, 9.17) is 0 Å². The Kier molecular flexibility index (Phi) is 7.25. The zero-order valence-electron chi connectivity index (χ0n) is 19.1. The number of carbonyl (C=O) groups is 2. The molecule has 0 aromatic carbocycles. The second-order valence-electron chi connectivity index (χ2n) is 8.33. The van der Waals surface area contributed by atoms with Crippen molar-refractivity contribution in [3.05, 3.63) is 79.7 Å². The number of pyridine rings is 1. The molecule has 11 heteroatoms. The minimum absolute atomic E-state index is 0.130. The molecule has 0 spiro atoms. The lowest BCUT2D eigenvalue weighted by atomic mass is 9.94. The van der Waals surface area contributed by atoms with Crippen molar-refractivity contribution >= 4 is 29.9 Å².